The minimum Gasteiger partial charge on any atom is -0.326 e. The van der Waals surface area contributed by atoms with Gasteiger partial charge < -0.3 is 10.6 Å². The summed E-state index contributed by atoms with van der Waals surface area (Å²) in [5, 5.41) is 6.03. The molecule has 0 radical (unpaired) electrons. The summed E-state index contributed by atoms with van der Waals surface area (Å²) in [6.07, 6.45) is 2.07. The fraction of sp³-hybridized carbons (Fsp3) is 0.417. The monoisotopic (exact) mass is 222 g/mol. The molecule has 4 heteroatoms. The number of anilines is 1. The normalized spacial score (nSPS) is 19.8. The second-order valence-electron chi connectivity index (χ2n) is 4.06. The van der Waals surface area contributed by atoms with Gasteiger partial charge in [0, 0.05) is 18.7 Å². The van der Waals surface area contributed by atoms with Crippen molar-refractivity contribution in [1.82, 2.24) is 5.32 Å². The smallest absolute Gasteiger partial charge is 0.221 e. The van der Waals surface area contributed by atoms with Crippen molar-refractivity contribution in [1.29, 1.82) is 0 Å². The van der Waals surface area contributed by atoms with E-state index < -0.39 is 0 Å². The molecule has 0 bridgehead atoms. The number of benzene rings is 1. The highest BCUT2D eigenvalue weighted by Gasteiger charge is 2.20. The Bertz CT molecular complexity index is 400. The van der Waals surface area contributed by atoms with Gasteiger partial charge in [0.15, 0.2) is 0 Å². The SMILES string of the molecule is CC(=O)Nc1ccc(F)cc1[C@H]1CCCN1. The number of hydrogen-bond donors (Lipinski definition) is 2. The molecule has 1 fully saturated rings. The van der Waals surface area contributed by atoms with Crippen molar-refractivity contribution in [2.24, 2.45) is 0 Å². The first-order valence-electron chi connectivity index (χ1n) is 5.47. The number of halogens is 1. The molecule has 0 aromatic heterocycles. The predicted octanol–water partition coefficient (Wildman–Crippen LogP) is 2.21. The van der Waals surface area contributed by atoms with Crippen LogP contribution in [0, 0.1) is 5.82 Å². The molecule has 1 aliphatic rings. The molecule has 2 N–H and O–H groups in total. The fourth-order valence-corrected chi connectivity index (χ4v) is 2.08. The minimum absolute atomic E-state index is 0.133. The second-order valence-corrected chi connectivity index (χ2v) is 4.06. The molecule has 0 aliphatic carbocycles. The van der Waals surface area contributed by atoms with Crippen molar-refractivity contribution >= 4 is 11.6 Å². The van der Waals surface area contributed by atoms with Crippen LogP contribution in [-0.4, -0.2) is 12.5 Å². The summed E-state index contributed by atoms with van der Waals surface area (Å²) < 4.78 is 13.2. The van der Waals surface area contributed by atoms with Crippen molar-refractivity contribution in [3.8, 4) is 0 Å². The summed E-state index contributed by atoms with van der Waals surface area (Å²) in [6.45, 7) is 2.40. The summed E-state index contributed by atoms with van der Waals surface area (Å²) in [5.74, 6) is -0.399. The molecule has 86 valence electrons. The second kappa shape index (κ2) is 4.61. The first-order valence-corrected chi connectivity index (χ1v) is 5.47. The summed E-state index contributed by atoms with van der Waals surface area (Å²) in [7, 11) is 0. The third-order valence-electron chi connectivity index (χ3n) is 2.76. The molecule has 0 unspecified atom stereocenters. The molecule has 1 aromatic rings. The quantitative estimate of drug-likeness (QED) is 0.805. The molecule has 1 aliphatic heterocycles. The van der Waals surface area contributed by atoms with Crippen LogP contribution in [0.4, 0.5) is 10.1 Å². The number of hydrogen-bond acceptors (Lipinski definition) is 2. The van der Waals surface area contributed by atoms with Crippen molar-refractivity contribution < 1.29 is 9.18 Å². The van der Waals surface area contributed by atoms with Gasteiger partial charge in [-0.2, -0.15) is 0 Å². The summed E-state index contributed by atoms with van der Waals surface area (Å²) in [4.78, 5) is 11.0. The Morgan fingerprint density at radius 1 is 1.56 bits per heavy atom. The van der Waals surface area contributed by atoms with E-state index in [-0.39, 0.29) is 17.8 Å². The van der Waals surface area contributed by atoms with E-state index in [1.165, 1.54) is 19.1 Å². The molecule has 3 nitrogen and oxygen atoms in total. The van der Waals surface area contributed by atoms with Gasteiger partial charge in [-0.05, 0) is 43.1 Å². The van der Waals surface area contributed by atoms with E-state index in [9.17, 15) is 9.18 Å². The predicted molar refractivity (Wildman–Crippen MR) is 60.7 cm³/mol. The molecule has 1 saturated heterocycles. The molecular weight excluding hydrogens is 207 g/mol. The van der Waals surface area contributed by atoms with Gasteiger partial charge in [-0.3, -0.25) is 4.79 Å². The van der Waals surface area contributed by atoms with Gasteiger partial charge in [-0.15, -0.1) is 0 Å². The van der Waals surface area contributed by atoms with E-state index in [2.05, 4.69) is 10.6 Å². The standard InChI is InChI=1S/C12H15FN2O/c1-8(16)15-12-5-4-9(13)7-10(12)11-3-2-6-14-11/h4-5,7,11,14H,2-3,6H2,1H3,(H,15,16)/t11-/m1/s1. The van der Waals surface area contributed by atoms with Gasteiger partial charge in [-0.25, -0.2) is 4.39 Å². The zero-order valence-electron chi connectivity index (χ0n) is 9.22. The lowest BCUT2D eigenvalue weighted by Crippen LogP contribution is -2.16. The number of carbonyl (C=O) groups is 1. The van der Waals surface area contributed by atoms with Crippen LogP contribution in [0.25, 0.3) is 0 Å². The topological polar surface area (TPSA) is 41.1 Å². The highest BCUT2D eigenvalue weighted by atomic mass is 19.1. The molecule has 1 heterocycles. The first kappa shape index (κ1) is 11.1. The van der Waals surface area contributed by atoms with Crippen LogP contribution in [0.2, 0.25) is 0 Å². The van der Waals surface area contributed by atoms with Gasteiger partial charge in [-0.1, -0.05) is 0 Å². The average molecular weight is 222 g/mol. The molecule has 1 amide bonds. The summed E-state index contributed by atoms with van der Waals surface area (Å²) in [5.41, 5.74) is 1.54. The van der Waals surface area contributed by atoms with E-state index in [1.54, 1.807) is 6.07 Å². The maximum Gasteiger partial charge on any atom is 0.221 e. The molecule has 2 rings (SSSR count). The number of rotatable bonds is 2. The van der Waals surface area contributed by atoms with Crippen LogP contribution in [-0.2, 0) is 4.79 Å². The van der Waals surface area contributed by atoms with Crippen LogP contribution in [0.3, 0.4) is 0 Å². The molecule has 1 atom stereocenters. The van der Waals surface area contributed by atoms with Gasteiger partial charge in [0.25, 0.3) is 0 Å². The number of nitrogens with one attached hydrogen (secondary N) is 2. The molecule has 16 heavy (non-hydrogen) atoms. The van der Waals surface area contributed by atoms with Crippen molar-refractivity contribution in [3.05, 3.63) is 29.6 Å². The zero-order valence-corrected chi connectivity index (χ0v) is 9.22. The fourth-order valence-electron chi connectivity index (χ4n) is 2.08. The van der Waals surface area contributed by atoms with E-state index in [0.717, 1.165) is 24.9 Å². The Morgan fingerprint density at radius 3 is 3.00 bits per heavy atom. The Kier molecular flexibility index (Phi) is 3.19. The number of amides is 1. The van der Waals surface area contributed by atoms with Gasteiger partial charge >= 0.3 is 0 Å². The maximum atomic E-state index is 13.2. The Balaban J connectivity index is 2.31. The average Bonchev–Trinajstić information content (AvgIpc) is 2.73. The van der Waals surface area contributed by atoms with Crippen LogP contribution >= 0.6 is 0 Å². The summed E-state index contributed by atoms with van der Waals surface area (Å²) in [6, 6.07) is 4.63. The Hall–Kier alpha value is -1.42. The highest BCUT2D eigenvalue weighted by molar-refractivity contribution is 5.89. The lowest BCUT2D eigenvalue weighted by molar-refractivity contribution is -0.114. The van der Waals surface area contributed by atoms with E-state index in [1.807, 2.05) is 0 Å². The van der Waals surface area contributed by atoms with Crippen LogP contribution < -0.4 is 10.6 Å². The summed E-state index contributed by atoms with van der Waals surface area (Å²) >= 11 is 0. The van der Waals surface area contributed by atoms with Crippen LogP contribution in [0.15, 0.2) is 18.2 Å². The molecule has 0 spiro atoms. The third kappa shape index (κ3) is 2.39. The zero-order chi connectivity index (χ0) is 11.5. The Labute approximate surface area is 94.0 Å². The van der Waals surface area contributed by atoms with Crippen LogP contribution in [0.5, 0.6) is 0 Å². The molecule has 1 aromatic carbocycles. The number of carbonyl (C=O) groups excluding carboxylic acids is 1. The third-order valence-corrected chi connectivity index (χ3v) is 2.76. The first-order chi connectivity index (χ1) is 7.66. The molecular formula is C12H15FN2O. The lowest BCUT2D eigenvalue weighted by atomic mass is 10.0. The molecule has 0 saturated carbocycles. The Morgan fingerprint density at radius 2 is 2.38 bits per heavy atom. The van der Waals surface area contributed by atoms with E-state index >= 15 is 0 Å². The van der Waals surface area contributed by atoms with E-state index in [4.69, 9.17) is 0 Å². The van der Waals surface area contributed by atoms with Crippen molar-refractivity contribution in [3.63, 3.8) is 0 Å². The van der Waals surface area contributed by atoms with Gasteiger partial charge in [0.2, 0.25) is 5.91 Å². The highest BCUT2D eigenvalue weighted by Crippen LogP contribution is 2.29. The van der Waals surface area contributed by atoms with Crippen LogP contribution in [0.1, 0.15) is 31.4 Å². The largest absolute Gasteiger partial charge is 0.326 e. The van der Waals surface area contributed by atoms with Crippen molar-refractivity contribution in [2.75, 3.05) is 11.9 Å². The van der Waals surface area contributed by atoms with E-state index in [0.29, 0.717) is 5.69 Å². The van der Waals surface area contributed by atoms with Gasteiger partial charge in [0.05, 0.1) is 0 Å². The maximum absolute atomic E-state index is 13.2. The van der Waals surface area contributed by atoms with Crippen molar-refractivity contribution in [2.45, 2.75) is 25.8 Å². The lowest BCUT2D eigenvalue weighted by Gasteiger charge is -2.16. The van der Waals surface area contributed by atoms with Gasteiger partial charge in [0.1, 0.15) is 5.82 Å². The minimum atomic E-state index is -0.266.